The van der Waals surface area contributed by atoms with Crippen molar-refractivity contribution >= 4 is 35.1 Å². The van der Waals surface area contributed by atoms with Crippen LogP contribution in [0.15, 0.2) is 41.4 Å². The Kier molecular flexibility index (Phi) is 7.37. The van der Waals surface area contributed by atoms with Gasteiger partial charge in [-0.05, 0) is 49.1 Å². The normalized spacial score (nSPS) is 19.1. The standard InChI is InChI=1S/C26H27ClFN5O2/c1-31-21(6-9-29)19-12-23-22(13-20(19)27)32-15-24(35-23)25(34)33-10-7-26(16-30,8-11-33)14-17-2-4-18(28)5-3-17/h2-5,9,12-13,24,29,32H,6-8,10-11,14-15H2,1H3. The van der Waals surface area contributed by atoms with Crippen molar-refractivity contribution in [1.29, 1.82) is 10.7 Å². The van der Waals surface area contributed by atoms with Crippen molar-refractivity contribution in [2.24, 2.45) is 10.4 Å². The van der Waals surface area contributed by atoms with Gasteiger partial charge in [-0.15, -0.1) is 0 Å². The number of carbonyl (C=O) groups is 1. The Morgan fingerprint density at radius 3 is 2.71 bits per heavy atom. The Hall–Kier alpha value is -3.44. The summed E-state index contributed by atoms with van der Waals surface area (Å²) in [6.07, 6.45) is 2.52. The van der Waals surface area contributed by atoms with E-state index in [-0.39, 0.29) is 11.7 Å². The van der Waals surface area contributed by atoms with E-state index in [1.54, 1.807) is 36.2 Å². The van der Waals surface area contributed by atoms with E-state index in [1.807, 2.05) is 0 Å². The van der Waals surface area contributed by atoms with Crippen LogP contribution in [0.3, 0.4) is 0 Å². The van der Waals surface area contributed by atoms with Crippen LogP contribution in [0.5, 0.6) is 5.75 Å². The molecule has 0 aliphatic carbocycles. The summed E-state index contributed by atoms with van der Waals surface area (Å²) in [4.78, 5) is 19.2. The average molecular weight is 496 g/mol. The van der Waals surface area contributed by atoms with Gasteiger partial charge in [-0.2, -0.15) is 5.26 Å². The number of hydrogen-bond acceptors (Lipinski definition) is 6. The summed E-state index contributed by atoms with van der Waals surface area (Å²) in [6, 6.07) is 12.2. The molecule has 35 heavy (non-hydrogen) atoms. The lowest BCUT2D eigenvalue weighted by Crippen LogP contribution is -2.51. The van der Waals surface area contributed by atoms with Crippen LogP contribution < -0.4 is 10.1 Å². The van der Waals surface area contributed by atoms with E-state index in [4.69, 9.17) is 21.7 Å². The molecule has 2 aliphatic heterocycles. The van der Waals surface area contributed by atoms with E-state index >= 15 is 0 Å². The maximum absolute atomic E-state index is 13.3. The second-order valence-corrected chi connectivity index (χ2v) is 9.32. The van der Waals surface area contributed by atoms with Gasteiger partial charge in [-0.1, -0.05) is 23.7 Å². The smallest absolute Gasteiger partial charge is 0.265 e. The van der Waals surface area contributed by atoms with Crippen molar-refractivity contribution in [2.45, 2.75) is 31.8 Å². The molecule has 1 amide bonds. The van der Waals surface area contributed by atoms with E-state index in [2.05, 4.69) is 16.4 Å². The first-order valence-corrected chi connectivity index (χ1v) is 11.9. The molecule has 2 N–H and O–H groups in total. The van der Waals surface area contributed by atoms with Crippen molar-refractivity contribution < 1.29 is 13.9 Å². The maximum atomic E-state index is 13.3. The number of likely N-dealkylation sites (tertiary alicyclic amines) is 1. The van der Waals surface area contributed by atoms with Gasteiger partial charge in [0.05, 0.1) is 28.7 Å². The highest BCUT2D eigenvalue weighted by Gasteiger charge is 2.39. The highest BCUT2D eigenvalue weighted by molar-refractivity contribution is 6.35. The Morgan fingerprint density at radius 2 is 2.09 bits per heavy atom. The number of amides is 1. The quantitative estimate of drug-likeness (QED) is 0.576. The van der Waals surface area contributed by atoms with Crippen molar-refractivity contribution in [2.75, 3.05) is 32.0 Å². The van der Waals surface area contributed by atoms with E-state index < -0.39 is 11.5 Å². The van der Waals surface area contributed by atoms with Crippen molar-refractivity contribution in [3.63, 3.8) is 0 Å². The lowest BCUT2D eigenvalue weighted by atomic mass is 9.75. The Labute approximate surface area is 209 Å². The van der Waals surface area contributed by atoms with Crippen LogP contribution in [-0.4, -0.2) is 55.5 Å². The van der Waals surface area contributed by atoms with E-state index in [0.29, 0.717) is 73.1 Å². The van der Waals surface area contributed by atoms with Crippen LogP contribution in [0.1, 0.15) is 30.4 Å². The van der Waals surface area contributed by atoms with Crippen LogP contribution in [0.4, 0.5) is 10.1 Å². The largest absolute Gasteiger partial charge is 0.477 e. The highest BCUT2D eigenvalue weighted by atomic mass is 35.5. The third-order valence-corrected chi connectivity index (χ3v) is 7.01. The second kappa shape index (κ2) is 10.4. The molecule has 0 bridgehead atoms. The minimum atomic E-state index is -0.701. The number of halogens is 2. The molecule has 0 aromatic heterocycles. The van der Waals surface area contributed by atoms with Crippen LogP contribution in [-0.2, 0) is 11.2 Å². The molecule has 1 atom stereocenters. The lowest BCUT2D eigenvalue weighted by molar-refractivity contribution is -0.140. The topological polar surface area (TPSA) is 102 Å². The summed E-state index contributed by atoms with van der Waals surface area (Å²) in [7, 11) is 1.65. The highest BCUT2D eigenvalue weighted by Crippen LogP contribution is 2.37. The number of aliphatic imine (C=N–C) groups is 1. The third-order valence-electron chi connectivity index (χ3n) is 6.69. The number of carbonyl (C=O) groups excluding carboxylic acids is 1. The molecular weight excluding hydrogens is 469 g/mol. The molecule has 2 aromatic rings. The number of piperidine rings is 1. The molecule has 1 fully saturated rings. The number of anilines is 1. The average Bonchev–Trinajstić information content (AvgIpc) is 2.88. The van der Waals surface area contributed by atoms with Gasteiger partial charge in [0.15, 0.2) is 6.10 Å². The van der Waals surface area contributed by atoms with Gasteiger partial charge in [-0.25, -0.2) is 4.39 Å². The molecule has 2 aliphatic rings. The predicted molar refractivity (Wildman–Crippen MR) is 134 cm³/mol. The predicted octanol–water partition coefficient (Wildman–Crippen LogP) is 4.49. The number of benzene rings is 2. The fourth-order valence-electron chi connectivity index (χ4n) is 4.64. The van der Waals surface area contributed by atoms with Crippen LogP contribution >= 0.6 is 11.6 Å². The summed E-state index contributed by atoms with van der Waals surface area (Å²) in [5.74, 6) is 0.0850. The van der Waals surface area contributed by atoms with E-state index in [0.717, 1.165) is 5.56 Å². The molecule has 9 heteroatoms. The van der Waals surface area contributed by atoms with E-state index in [1.165, 1.54) is 18.3 Å². The first kappa shape index (κ1) is 24.7. The number of nitrogens with zero attached hydrogens (tertiary/aromatic N) is 3. The molecular formula is C26H27ClFN5O2. The summed E-state index contributed by atoms with van der Waals surface area (Å²) >= 11 is 6.43. The molecule has 1 unspecified atom stereocenters. The number of rotatable bonds is 6. The molecule has 0 radical (unpaired) electrons. The SMILES string of the molecule is CN=C(CC=N)c1cc2c(cc1Cl)NCC(C(=O)N1CCC(C#N)(Cc3ccc(F)cc3)CC1)O2. The molecule has 0 saturated carbocycles. The first-order valence-electron chi connectivity index (χ1n) is 11.5. The van der Waals surface area contributed by atoms with Crippen LogP contribution in [0.2, 0.25) is 5.02 Å². The molecule has 7 nitrogen and oxygen atoms in total. The third kappa shape index (κ3) is 5.30. The second-order valence-electron chi connectivity index (χ2n) is 8.91. The van der Waals surface area contributed by atoms with Crippen LogP contribution in [0.25, 0.3) is 0 Å². The molecule has 2 heterocycles. The summed E-state index contributed by atoms with van der Waals surface area (Å²) < 4.78 is 19.3. The minimum Gasteiger partial charge on any atom is -0.477 e. The number of nitriles is 1. The summed E-state index contributed by atoms with van der Waals surface area (Å²) in [5, 5.41) is 21.0. The molecule has 1 saturated heterocycles. The zero-order chi connectivity index (χ0) is 25.0. The van der Waals surface area contributed by atoms with Crippen molar-refractivity contribution in [3.8, 4) is 11.8 Å². The molecule has 2 aromatic carbocycles. The fourth-order valence-corrected chi connectivity index (χ4v) is 4.92. The number of fused-ring (bicyclic) bond motifs is 1. The number of nitrogens with one attached hydrogen (secondary N) is 2. The zero-order valence-corrected chi connectivity index (χ0v) is 20.2. The summed E-state index contributed by atoms with van der Waals surface area (Å²) in [6.45, 7) is 1.22. The Morgan fingerprint density at radius 1 is 1.37 bits per heavy atom. The Balaban J connectivity index is 1.43. The van der Waals surface area contributed by atoms with Gasteiger partial charge >= 0.3 is 0 Å². The summed E-state index contributed by atoms with van der Waals surface area (Å²) in [5.41, 5.74) is 2.37. The van der Waals surface area contributed by atoms with Crippen molar-refractivity contribution in [3.05, 3.63) is 58.4 Å². The first-order chi connectivity index (χ1) is 16.9. The fraction of sp³-hybridized carbons (Fsp3) is 0.385. The zero-order valence-electron chi connectivity index (χ0n) is 19.5. The van der Waals surface area contributed by atoms with Crippen molar-refractivity contribution in [1.82, 2.24) is 4.90 Å². The van der Waals surface area contributed by atoms with Gasteiger partial charge in [-0.3, -0.25) is 9.79 Å². The maximum Gasteiger partial charge on any atom is 0.265 e. The number of hydrogen-bond donors (Lipinski definition) is 2. The van der Waals surface area contributed by atoms with Gasteiger partial charge in [0.2, 0.25) is 0 Å². The van der Waals surface area contributed by atoms with Crippen LogP contribution in [0, 0.1) is 28.0 Å². The van der Waals surface area contributed by atoms with Gasteiger partial charge in [0.25, 0.3) is 5.91 Å². The molecule has 0 spiro atoms. The van der Waals surface area contributed by atoms with Gasteiger partial charge in [0, 0.05) is 44.0 Å². The molecule has 4 rings (SSSR count). The van der Waals surface area contributed by atoms with Gasteiger partial charge < -0.3 is 20.4 Å². The Bertz CT molecular complexity index is 1180. The molecule has 182 valence electrons. The monoisotopic (exact) mass is 495 g/mol. The number of ether oxygens (including phenoxy) is 1. The lowest BCUT2D eigenvalue weighted by Gasteiger charge is -2.39. The van der Waals surface area contributed by atoms with E-state index in [9.17, 15) is 14.4 Å². The van der Waals surface area contributed by atoms with Gasteiger partial charge in [0.1, 0.15) is 11.6 Å². The minimum absolute atomic E-state index is 0.128.